The highest BCUT2D eigenvalue weighted by atomic mass is 35.5. The minimum atomic E-state index is -0.587. The first-order valence-electron chi connectivity index (χ1n) is 10.7. The minimum Gasteiger partial charge on any atom is -0.497 e. The van der Waals surface area contributed by atoms with Crippen LogP contribution in [0.4, 0.5) is 11.4 Å². The molecule has 0 aromatic heterocycles. The average molecular weight is 498 g/mol. The third kappa shape index (κ3) is 6.76. The van der Waals surface area contributed by atoms with Gasteiger partial charge >= 0.3 is 0 Å². The molecular weight excluding hydrogens is 473 g/mol. The summed E-state index contributed by atoms with van der Waals surface area (Å²) in [5.41, 5.74) is 1.90. The van der Waals surface area contributed by atoms with E-state index >= 15 is 0 Å². The molecule has 0 radical (unpaired) electrons. The Bertz CT molecular complexity index is 1130. The van der Waals surface area contributed by atoms with Crippen molar-refractivity contribution in [2.75, 3.05) is 24.3 Å². The molecule has 34 heavy (non-hydrogen) atoms. The predicted molar refractivity (Wildman–Crippen MR) is 138 cm³/mol. The van der Waals surface area contributed by atoms with Gasteiger partial charge in [0.15, 0.2) is 0 Å². The molecule has 0 aliphatic rings. The second-order valence-electron chi connectivity index (χ2n) is 7.33. The largest absolute Gasteiger partial charge is 0.497 e. The minimum absolute atomic E-state index is 0.0847. The SMILES string of the molecule is CCCNC(=C(C(=O)Nc1cccc(Cl)c1)C(=O)Nc1cccc(Cl)c1)c1ccc(OC)cc1. The van der Waals surface area contributed by atoms with E-state index in [0.717, 1.165) is 6.42 Å². The van der Waals surface area contributed by atoms with E-state index < -0.39 is 11.8 Å². The molecule has 8 heteroatoms. The lowest BCUT2D eigenvalue weighted by atomic mass is 10.0. The van der Waals surface area contributed by atoms with Gasteiger partial charge in [0.25, 0.3) is 11.8 Å². The van der Waals surface area contributed by atoms with Crippen molar-refractivity contribution in [1.29, 1.82) is 0 Å². The van der Waals surface area contributed by atoms with Crippen molar-refractivity contribution in [3.05, 3.63) is 94.0 Å². The van der Waals surface area contributed by atoms with Gasteiger partial charge in [-0.3, -0.25) is 9.59 Å². The third-order valence-electron chi connectivity index (χ3n) is 4.80. The van der Waals surface area contributed by atoms with Crippen molar-refractivity contribution in [2.24, 2.45) is 0 Å². The number of hydrogen-bond donors (Lipinski definition) is 3. The molecule has 0 heterocycles. The zero-order valence-corrected chi connectivity index (χ0v) is 20.3. The maximum absolute atomic E-state index is 13.5. The number of nitrogens with one attached hydrogen (secondary N) is 3. The zero-order valence-electron chi connectivity index (χ0n) is 18.8. The summed E-state index contributed by atoms with van der Waals surface area (Å²) >= 11 is 12.1. The summed E-state index contributed by atoms with van der Waals surface area (Å²) in [5.74, 6) is -0.515. The van der Waals surface area contributed by atoms with Crippen LogP contribution in [0.2, 0.25) is 10.0 Å². The summed E-state index contributed by atoms with van der Waals surface area (Å²) in [6.07, 6.45) is 0.790. The standard InChI is InChI=1S/C26H25Cl2N3O3/c1-3-14-29-24(17-10-12-22(34-2)13-11-17)23(25(32)30-20-8-4-6-18(27)15-20)26(33)31-21-9-5-7-19(28)16-21/h4-13,15-16,29H,3,14H2,1-2H3,(H,30,32)(H,31,33). The van der Waals surface area contributed by atoms with Gasteiger partial charge in [-0.05, 0) is 72.6 Å². The van der Waals surface area contributed by atoms with Gasteiger partial charge in [-0.2, -0.15) is 0 Å². The molecule has 0 saturated carbocycles. The van der Waals surface area contributed by atoms with Crippen LogP contribution in [0.1, 0.15) is 18.9 Å². The summed E-state index contributed by atoms with van der Waals surface area (Å²) in [6, 6.07) is 20.6. The Hall–Kier alpha value is -3.48. The molecular formula is C26H25Cl2N3O3. The monoisotopic (exact) mass is 497 g/mol. The van der Waals surface area contributed by atoms with E-state index in [1.54, 1.807) is 79.9 Å². The molecule has 3 aromatic carbocycles. The molecule has 0 aliphatic carbocycles. The molecule has 0 spiro atoms. The number of rotatable bonds is 9. The van der Waals surface area contributed by atoms with Crippen LogP contribution in [0.5, 0.6) is 5.75 Å². The number of carbonyl (C=O) groups excluding carboxylic acids is 2. The fourth-order valence-electron chi connectivity index (χ4n) is 3.19. The van der Waals surface area contributed by atoms with Crippen molar-refractivity contribution in [1.82, 2.24) is 5.32 Å². The molecule has 3 aromatic rings. The zero-order chi connectivity index (χ0) is 24.5. The van der Waals surface area contributed by atoms with Crippen LogP contribution in [-0.4, -0.2) is 25.5 Å². The topological polar surface area (TPSA) is 79.5 Å². The Morgan fingerprint density at radius 2 is 1.35 bits per heavy atom. The second-order valence-corrected chi connectivity index (χ2v) is 8.21. The number of hydrogen-bond acceptors (Lipinski definition) is 4. The van der Waals surface area contributed by atoms with Crippen molar-refractivity contribution in [2.45, 2.75) is 13.3 Å². The molecule has 0 aliphatic heterocycles. The summed E-state index contributed by atoms with van der Waals surface area (Å²) < 4.78 is 5.25. The summed E-state index contributed by atoms with van der Waals surface area (Å²) in [7, 11) is 1.57. The van der Waals surface area contributed by atoms with Gasteiger partial charge in [0.05, 0.1) is 12.8 Å². The normalized spacial score (nSPS) is 10.2. The fraction of sp³-hybridized carbons (Fsp3) is 0.154. The maximum atomic E-state index is 13.5. The molecule has 0 fully saturated rings. The Balaban J connectivity index is 2.08. The second kappa shape index (κ2) is 12.1. The van der Waals surface area contributed by atoms with Crippen molar-refractivity contribution >= 4 is 52.1 Å². The number of anilines is 2. The van der Waals surface area contributed by atoms with E-state index in [1.807, 2.05) is 6.92 Å². The first kappa shape index (κ1) is 25.1. The summed E-state index contributed by atoms with van der Waals surface area (Å²) in [5, 5.41) is 9.73. The van der Waals surface area contributed by atoms with Gasteiger partial charge < -0.3 is 20.7 Å². The predicted octanol–water partition coefficient (Wildman–Crippen LogP) is 5.99. The molecule has 2 amide bonds. The van der Waals surface area contributed by atoms with Crippen LogP contribution in [0.15, 0.2) is 78.4 Å². The number of halogens is 2. The van der Waals surface area contributed by atoms with Gasteiger partial charge in [0.1, 0.15) is 11.3 Å². The van der Waals surface area contributed by atoms with Crippen molar-refractivity contribution in [3.8, 4) is 5.75 Å². The van der Waals surface area contributed by atoms with E-state index in [-0.39, 0.29) is 5.57 Å². The third-order valence-corrected chi connectivity index (χ3v) is 5.27. The van der Waals surface area contributed by atoms with Gasteiger partial charge in [-0.1, -0.05) is 42.3 Å². The van der Waals surface area contributed by atoms with Gasteiger partial charge in [-0.25, -0.2) is 0 Å². The molecule has 3 rings (SSSR count). The van der Waals surface area contributed by atoms with Crippen LogP contribution in [0.3, 0.4) is 0 Å². The Morgan fingerprint density at radius 1 is 0.824 bits per heavy atom. The van der Waals surface area contributed by atoms with E-state index in [0.29, 0.717) is 45.0 Å². The first-order valence-corrected chi connectivity index (χ1v) is 11.4. The fourth-order valence-corrected chi connectivity index (χ4v) is 3.57. The number of methoxy groups -OCH3 is 1. The Morgan fingerprint density at radius 3 is 1.79 bits per heavy atom. The molecule has 0 atom stereocenters. The molecule has 3 N–H and O–H groups in total. The Kier molecular flexibility index (Phi) is 8.96. The van der Waals surface area contributed by atoms with Crippen molar-refractivity contribution < 1.29 is 14.3 Å². The molecule has 0 saturated heterocycles. The quantitative estimate of drug-likeness (QED) is 0.192. The van der Waals surface area contributed by atoms with Crippen molar-refractivity contribution in [3.63, 3.8) is 0 Å². The summed E-state index contributed by atoms with van der Waals surface area (Å²) in [4.78, 5) is 26.9. The number of carbonyl (C=O) groups is 2. The van der Waals surface area contributed by atoms with Crippen LogP contribution in [-0.2, 0) is 9.59 Å². The highest BCUT2D eigenvalue weighted by Crippen LogP contribution is 2.24. The lowest BCUT2D eigenvalue weighted by molar-refractivity contribution is -0.118. The van der Waals surface area contributed by atoms with Crippen LogP contribution >= 0.6 is 23.2 Å². The van der Waals surface area contributed by atoms with Gasteiger partial charge in [0.2, 0.25) is 0 Å². The van der Waals surface area contributed by atoms with Crippen LogP contribution < -0.4 is 20.7 Å². The molecule has 176 valence electrons. The highest BCUT2D eigenvalue weighted by Gasteiger charge is 2.25. The van der Waals surface area contributed by atoms with Crippen LogP contribution in [0, 0.1) is 0 Å². The molecule has 0 unspecified atom stereocenters. The highest BCUT2D eigenvalue weighted by molar-refractivity contribution is 6.33. The first-order chi connectivity index (χ1) is 16.4. The van der Waals surface area contributed by atoms with E-state index in [4.69, 9.17) is 27.9 Å². The molecule has 0 bridgehead atoms. The molecule has 6 nitrogen and oxygen atoms in total. The smallest absolute Gasteiger partial charge is 0.263 e. The number of ether oxygens (including phenoxy) is 1. The van der Waals surface area contributed by atoms with Crippen LogP contribution in [0.25, 0.3) is 5.70 Å². The maximum Gasteiger partial charge on any atom is 0.263 e. The average Bonchev–Trinajstić information content (AvgIpc) is 2.81. The van der Waals surface area contributed by atoms with E-state index in [2.05, 4.69) is 16.0 Å². The van der Waals surface area contributed by atoms with E-state index in [1.165, 1.54) is 0 Å². The van der Waals surface area contributed by atoms with E-state index in [9.17, 15) is 9.59 Å². The van der Waals surface area contributed by atoms with Gasteiger partial charge in [-0.15, -0.1) is 0 Å². The van der Waals surface area contributed by atoms with Gasteiger partial charge in [0, 0.05) is 28.0 Å². The Labute approximate surface area is 208 Å². The number of amides is 2. The lowest BCUT2D eigenvalue weighted by Crippen LogP contribution is -2.30. The number of benzene rings is 3. The lowest BCUT2D eigenvalue weighted by Gasteiger charge is -2.18. The summed E-state index contributed by atoms with van der Waals surface area (Å²) in [6.45, 7) is 2.55.